The molecule has 0 fully saturated rings. The van der Waals surface area contributed by atoms with Crippen molar-refractivity contribution < 1.29 is 37.6 Å². The van der Waals surface area contributed by atoms with Gasteiger partial charge >= 0.3 is 11.9 Å². The molecule has 0 aliphatic carbocycles. The molecule has 230 valence electrons. The van der Waals surface area contributed by atoms with Crippen LogP contribution in [0.2, 0.25) is 58.4 Å². The number of rotatable bonds is 13. The zero-order valence-electron chi connectivity index (χ0n) is 26.2. The lowest BCUT2D eigenvalue weighted by Gasteiger charge is -2.35. The standard InChI is InChI=1S/C28H44N2O8Si4/c1-11-39(3,4)37-40(5,6)18-30-26(32)23-16-19(13-15-22(23)27(33)34)41(7,8)38-42(9,10)20-12-14-21(25(31)29-2)24(17-20)28(35)36/h12-17H,11,18H2,1-10H3,(H,29,31)(H,30,32)(H,33,34)(H,35,36). The van der Waals surface area contributed by atoms with Gasteiger partial charge in [-0.3, -0.25) is 9.59 Å². The summed E-state index contributed by atoms with van der Waals surface area (Å²) in [5.41, 5.74) is -0.0893. The van der Waals surface area contributed by atoms with Crippen LogP contribution in [0.1, 0.15) is 48.4 Å². The fraction of sp³-hybridized carbons (Fsp3) is 0.429. The van der Waals surface area contributed by atoms with E-state index in [0.717, 1.165) is 11.2 Å². The lowest BCUT2D eigenvalue weighted by Crippen LogP contribution is -2.58. The number of amides is 2. The van der Waals surface area contributed by atoms with Gasteiger partial charge in [0.2, 0.25) is 16.6 Å². The maximum Gasteiger partial charge on any atom is 0.336 e. The first-order valence-electron chi connectivity index (χ1n) is 13.8. The smallest absolute Gasteiger partial charge is 0.336 e. The molecule has 0 bridgehead atoms. The molecule has 2 aromatic carbocycles. The maximum absolute atomic E-state index is 13.3. The van der Waals surface area contributed by atoms with E-state index in [9.17, 15) is 29.4 Å². The van der Waals surface area contributed by atoms with Gasteiger partial charge in [0.15, 0.2) is 16.6 Å². The average molecular weight is 649 g/mol. The molecule has 4 N–H and O–H groups in total. The minimum absolute atomic E-state index is 0.0588. The Morgan fingerprint density at radius 1 is 0.667 bits per heavy atom. The average Bonchev–Trinajstić information content (AvgIpc) is 2.89. The summed E-state index contributed by atoms with van der Waals surface area (Å²) in [4.78, 5) is 49.5. The normalized spacial score (nSPS) is 12.5. The first kappa shape index (κ1) is 35.3. The molecule has 2 aromatic rings. The summed E-state index contributed by atoms with van der Waals surface area (Å²) in [6.45, 7) is 18.3. The van der Waals surface area contributed by atoms with Crippen molar-refractivity contribution in [3.8, 4) is 0 Å². The number of carbonyl (C=O) groups excluding carboxylic acids is 2. The van der Waals surface area contributed by atoms with E-state index in [-0.39, 0.29) is 22.3 Å². The Bertz CT molecular complexity index is 1380. The van der Waals surface area contributed by atoms with Crippen LogP contribution in [0, 0.1) is 0 Å². The molecule has 0 aliphatic rings. The fourth-order valence-corrected chi connectivity index (χ4v) is 20.2. The number of carboxylic acids is 2. The number of carboxylic acid groups (broad SMARTS) is 2. The third-order valence-corrected chi connectivity index (χ3v) is 21.8. The lowest BCUT2D eigenvalue weighted by atomic mass is 10.1. The number of hydrogen-bond donors (Lipinski definition) is 4. The summed E-state index contributed by atoms with van der Waals surface area (Å²) < 4.78 is 13.2. The van der Waals surface area contributed by atoms with Gasteiger partial charge in [-0.2, -0.15) is 0 Å². The number of hydrogen-bond acceptors (Lipinski definition) is 6. The van der Waals surface area contributed by atoms with Crippen LogP contribution in [0.15, 0.2) is 36.4 Å². The predicted molar refractivity (Wildman–Crippen MR) is 174 cm³/mol. The summed E-state index contributed by atoms with van der Waals surface area (Å²) in [5, 5.41) is 26.4. The van der Waals surface area contributed by atoms with E-state index in [1.807, 2.05) is 39.3 Å². The van der Waals surface area contributed by atoms with E-state index in [2.05, 4.69) is 30.7 Å². The highest BCUT2D eigenvalue weighted by Gasteiger charge is 2.38. The molecule has 0 saturated heterocycles. The molecule has 0 saturated carbocycles. The van der Waals surface area contributed by atoms with Crippen LogP contribution < -0.4 is 21.0 Å². The molecule has 0 aliphatic heterocycles. The van der Waals surface area contributed by atoms with Gasteiger partial charge in [0.25, 0.3) is 11.8 Å². The summed E-state index contributed by atoms with van der Waals surface area (Å²) in [6, 6.07) is 10.4. The molecule has 0 unspecified atom stereocenters. The van der Waals surface area contributed by atoms with Crippen LogP contribution in [0.3, 0.4) is 0 Å². The zero-order valence-corrected chi connectivity index (χ0v) is 30.2. The van der Waals surface area contributed by atoms with Gasteiger partial charge in [-0.15, -0.1) is 0 Å². The second-order valence-electron chi connectivity index (χ2n) is 12.5. The third-order valence-electron chi connectivity index (χ3n) is 7.20. The van der Waals surface area contributed by atoms with Crippen molar-refractivity contribution in [2.24, 2.45) is 0 Å². The van der Waals surface area contributed by atoms with Crippen molar-refractivity contribution >= 4 is 67.4 Å². The minimum atomic E-state index is -2.76. The largest absolute Gasteiger partial charge is 0.478 e. The number of aromatic carboxylic acids is 2. The molecule has 10 nitrogen and oxygen atoms in total. The second-order valence-corrected chi connectivity index (χ2v) is 29.4. The molecule has 0 spiro atoms. The molecular weight excluding hydrogens is 605 g/mol. The van der Waals surface area contributed by atoms with Crippen molar-refractivity contribution in [3.63, 3.8) is 0 Å². The summed E-state index contributed by atoms with van der Waals surface area (Å²) in [7, 11) is -8.16. The molecule has 0 heterocycles. The van der Waals surface area contributed by atoms with Gasteiger partial charge in [-0.05, 0) is 93.1 Å². The molecule has 0 atom stereocenters. The fourth-order valence-electron chi connectivity index (χ4n) is 4.72. The van der Waals surface area contributed by atoms with Gasteiger partial charge < -0.3 is 29.1 Å². The van der Waals surface area contributed by atoms with E-state index in [0.29, 0.717) is 11.4 Å². The van der Waals surface area contributed by atoms with Gasteiger partial charge in [0, 0.05) is 13.2 Å². The van der Waals surface area contributed by atoms with E-state index in [1.165, 1.54) is 25.2 Å². The van der Waals surface area contributed by atoms with Crippen LogP contribution in [0.5, 0.6) is 0 Å². The van der Waals surface area contributed by atoms with Crippen molar-refractivity contribution in [3.05, 3.63) is 58.7 Å². The highest BCUT2D eigenvalue weighted by molar-refractivity contribution is 6.97. The van der Waals surface area contributed by atoms with Crippen LogP contribution in [0.25, 0.3) is 0 Å². The van der Waals surface area contributed by atoms with Gasteiger partial charge in [-0.25, -0.2) is 9.59 Å². The first-order chi connectivity index (χ1) is 19.2. The van der Waals surface area contributed by atoms with Gasteiger partial charge in [0.05, 0.1) is 22.3 Å². The molecular formula is C28H44N2O8Si4. The SMILES string of the molecule is CC[Si](C)(C)O[Si](C)(C)CNC(=O)c1cc([Si](C)(C)O[Si](C)(C)c2ccc(C(=O)NC)c(C(=O)O)c2)ccc1C(=O)O. The quantitative estimate of drug-likeness (QED) is 0.240. The second kappa shape index (κ2) is 13.2. The zero-order chi connectivity index (χ0) is 32.3. The topological polar surface area (TPSA) is 151 Å². The minimum Gasteiger partial charge on any atom is -0.478 e. The van der Waals surface area contributed by atoms with Crippen molar-refractivity contribution in [1.29, 1.82) is 0 Å². The van der Waals surface area contributed by atoms with E-state index < -0.39 is 57.0 Å². The van der Waals surface area contributed by atoms with E-state index in [4.69, 9.17) is 8.23 Å². The van der Waals surface area contributed by atoms with Gasteiger partial charge in [-0.1, -0.05) is 19.1 Å². The molecule has 2 rings (SSSR count). The Morgan fingerprint density at radius 3 is 1.60 bits per heavy atom. The summed E-state index contributed by atoms with van der Waals surface area (Å²) >= 11 is 0. The van der Waals surface area contributed by atoms with Crippen LogP contribution in [0.4, 0.5) is 0 Å². The Labute approximate surface area is 252 Å². The summed E-state index contributed by atoms with van der Waals surface area (Å²) in [5.74, 6) is -3.39. The lowest BCUT2D eigenvalue weighted by molar-refractivity contribution is 0.0682. The van der Waals surface area contributed by atoms with E-state index >= 15 is 0 Å². The van der Waals surface area contributed by atoms with Crippen molar-refractivity contribution in [2.75, 3.05) is 13.2 Å². The monoisotopic (exact) mass is 648 g/mol. The highest BCUT2D eigenvalue weighted by atomic mass is 28.4. The Hall–Kier alpha value is -2.89. The Kier molecular flexibility index (Phi) is 11.1. The van der Waals surface area contributed by atoms with Crippen LogP contribution >= 0.6 is 0 Å². The third kappa shape index (κ3) is 8.81. The molecule has 14 heteroatoms. The Morgan fingerprint density at radius 2 is 1.14 bits per heavy atom. The van der Waals surface area contributed by atoms with Crippen LogP contribution in [-0.4, -0.2) is 80.5 Å². The van der Waals surface area contributed by atoms with E-state index in [1.54, 1.807) is 18.2 Å². The first-order valence-corrected chi connectivity index (χ1v) is 25.9. The number of benzene rings is 2. The van der Waals surface area contributed by atoms with Crippen LogP contribution in [-0.2, 0) is 8.23 Å². The van der Waals surface area contributed by atoms with Crippen molar-refractivity contribution in [2.45, 2.75) is 65.3 Å². The summed E-state index contributed by atoms with van der Waals surface area (Å²) in [6.07, 6.45) is 0.348. The Balaban J connectivity index is 2.41. The van der Waals surface area contributed by atoms with Crippen molar-refractivity contribution in [1.82, 2.24) is 10.6 Å². The number of carbonyl (C=O) groups is 4. The molecule has 42 heavy (non-hydrogen) atoms. The predicted octanol–water partition coefficient (Wildman–Crippen LogP) is 3.70. The maximum atomic E-state index is 13.3. The molecule has 0 aromatic heterocycles. The molecule has 0 radical (unpaired) electrons. The molecule has 2 amide bonds. The number of nitrogens with one attached hydrogen (secondary N) is 2. The highest BCUT2D eigenvalue weighted by Crippen LogP contribution is 2.20. The van der Waals surface area contributed by atoms with Gasteiger partial charge in [0.1, 0.15) is 0 Å².